The summed E-state index contributed by atoms with van der Waals surface area (Å²) >= 11 is 0. The lowest BCUT2D eigenvalue weighted by atomic mass is 9.89. The molecule has 112 valence electrons. The van der Waals surface area contributed by atoms with Gasteiger partial charge in [0.25, 0.3) is 0 Å². The number of alkyl halides is 3. The fourth-order valence-corrected chi connectivity index (χ4v) is 2.29. The van der Waals surface area contributed by atoms with Crippen LogP contribution in [0.2, 0.25) is 0 Å². The van der Waals surface area contributed by atoms with Gasteiger partial charge in [0, 0.05) is 6.42 Å². The summed E-state index contributed by atoms with van der Waals surface area (Å²) in [6, 6.07) is 9.36. The number of carbonyl (C=O) groups is 1. The van der Waals surface area contributed by atoms with E-state index in [4.69, 9.17) is 5.11 Å². The second kappa shape index (κ2) is 7.31. The highest BCUT2D eigenvalue weighted by atomic mass is 19.4. The Balaban J connectivity index is 2.51. The Morgan fingerprint density at radius 3 is 2.35 bits per heavy atom. The summed E-state index contributed by atoms with van der Waals surface area (Å²) in [4.78, 5) is 11.1. The molecule has 0 aromatic heterocycles. The molecule has 1 aromatic carbocycles. The van der Waals surface area contributed by atoms with Gasteiger partial charge in [0.1, 0.15) is 0 Å². The second-order valence-electron chi connectivity index (χ2n) is 5.22. The third-order valence-corrected chi connectivity index (χ3v) is 3.24. The van der Waals surface area contributed by atoms with Gasteiger partial charge in [-0.1, -0.05) is 37.3 Å². The lowest BCUT2D eigenvalue weighted by Gasteiger charge is -2.18. The maximum absolute atomic E-state index is 12.3. The van der Waals surface area contributed by atoms with Crippen LogP contribution < -0.4 is 0 Å². The van der Waals surface area contributed by atoms with Gasteiger partial charge in [-0.05, 0) is 30.7 Å². The van der Waals surface area contributed by atoms with Gasteiger partial charge in [0.15, 0.2) is 0 Å². The minimum absolute atomic E-state index is 0.0572. The van der Waals surface area contributed by atoms with E-state index in [2.05, 4.69) is 0 Å². The molecular weight excluding hydrogens is 269 g/mol. The zero-order valence-corrected chi connectivity index (χ0v) is 11.4. The largest absolute Gasteiger partial charge is 0.481 e. The summed E-state index contributed by atoms with van der Waals surface area (Å²) in [6.45, 7) is 1.45. The summed E-state index contributed by atoms with van der Waals surface area (Å²) in [5.74, 6) is -2.42. The summed E-state index contributed by atoms with van der Waals surface area (Å²) in [5, 5.41) is 9.12. The molecule has 0 aliphatic heterocycles. The SMILES string of the molecule is CC(CC(CCc1ccccc1)C(=O)O)CC(F)(F)F. The van der Waals surface area contributed by atoms with Gasteiger partial charge in [0.05, 0.1) is 5.92 Å². The molecule has 0 fully saturated rings. The van der Waals surface area contributed by atoms with Gasteiger partial charge in [-0.25, -0.2) is 0 Å². The molecule has 2 nitrogen and oxygen atoms in total. The minimum atomic E-state index is -4.23. The Morgan fingerprint density at radius 2 is 1.85 bits per heavy atom. The monoisotopic (exact) mass is 288 g/mol. The predicted molar refractivity (Wildman–Crippen MR) is 70.3 cm³/mol. The summed E-state index contributed by atoms with van der Waals surface area (Å²) < 4.78 is 36.8. The van der Waals surface area contributed by atoms with Crippen LogP contribution >= 0.6 is 0 Å². The van der Waals surface area contributed by atoms with Gasteiger partial charge in [-0.15, -0.1) is 0 Å². The molecule has 0 radical (unpaired) electrons. The molecule has 0 aliphatic carbocycles. The Bertz CT molecular complexity index is 415. The van der Waals surface area contributed by atoms with Crippen molar-refractivity contribution in [2.24, 2.45) is 11.8 Å². The van der Waals surface area contributed by atoms with Crippen LogP contribution in [0.4, 0.5) is 13.2 Å². The summed E-state index contributed by atoms with van der Waals surface area (Å²) in [6.07, 6.45) is -4.18. The normalized spacial score (nSPS) is 14.8. The van der Waals surface area contributed by atoms with Crippen molar-refractivity contribution >= 4 is 5.97 Å². The van der Waals surface area contributed by atoms with Crippen LogP contribution in [0.1, 0.15) is 31.7 Å². The topological polar surface area (TPSA) is 37.3 Å². The van der Waals surface area contributed by atoms with E-state index in [1.54, 1.807) is 0 Å². The maximum atomic E-state index is 12.3. The molecule has 2 unspecified atom stereocenters. The Labute approximate surface area is 116 Å². The first-order valence-electron chi connectivity index (χ1n) is 6.61. The molecule has 0 heterocycles. The Morgan fingerprint density at radius 1 is 1.25 bits per heavy atom. The van der Waals surface area contributed by atoms with Crippen molar-refractivity contribution in [1.82, 2.24) is 0 Å². The molecule has 0 amide bonds. The van der Waals surface area contributed by atoms with E-state index in [9.17, 15) is 18.0 Å². The third kappa shape index (κ3) is 6.59. The lowest BCUT2D eigenvalue weighted by molar-refractivity contribution is -0.150. The van der Waals surface area contributed by atoms with Crippen molar-refractivity contribution in [3.8, 4) is 0 Å². The fourth-order valence-electron chi connectivity index (χ4n) is 2.29. The quantitative estimate of drug-likeness (QED) is 0.812. The minimum Gasteiger partial charge on any atom is -0.481 e. The standard InChI is InChI=1S/C15H19F3O2/c1-11(10-15(16,17)18)9-13(14(19)20)8-7-12-5-3-2-4-6-12/h2-6,11,13H,7-10H2,1H3,(H,19,20). The van der Waals surface area contributed by atoms with Crippen LogP contribution in [-0.4, -0.2) is 17.3 Å². The number of hydrogen-bond acceptors (Lipinski definition) is 1. The Kier molecular flexibility index (Phi) is 6.05. The number of hydrogen-bond donors (Lipinski definition) is 1. The second-order valence-corrected chi connectivity index (χ2v) is 5.22. The van der Waals surface area contributed by atoms with Crippen molar-refractivity contribution in [2.45, 2.75) is 38.8 Å². The summed E-state index contributed by atoms with van der Waals surface area (Å²) in [5.41, 5.74) is 1.00. The zero-order chi connectivity index (χ0) is 15.2. The molecule has 20 heavy (non-hydrogen) atoms. The van der Waals surface area contributed by atoms with Gasteiger partial charge in [0.2, 0.25) is 0 Å². The fraction of sp³-hybridized carbons (Fsp3) is 0.533. The molecule has 1 aromatic rings. The van der Waals surface area contributed by atoms with E-state index < -0.39 is 30.4 Å². The van der Waals surface area contributed by atoms with Crippen LogP contribution in [0, 0.1) is 11.8 Å². The molecule has 0 saturated carbocycles. The van der Waals surface area contributed by atoms with Crippen molar-refractivity contribution in [3.63, 3.8) is 0 Å². The number of rotatable bonds is 7. The van der Waals surface area contributed by atoms with Crippen molar-refractivity contribution in [1.29, 1.82) is 0 Å². The van der Waals surface area contributed by atoms with E-state index in [1.165, 1.54) is 6.92 Å². The van der Waals surface area contributed by atoms with E-state index in [1.807, 2.05) is 30.3 Å². The average molecular weight is 288 g/mol. The highest BCUT2D eigenvalue weighted by molar-refractivity contribution is 5.69. The first-order chi connectivity index (χ1) is 9.28. The molecule has 0 aliphatic rings. The first-order valence-corrected chi connectivity index (χ1v) is 6.61. The van der Waals surface area contributed by atoms with Gasteiger partial charge in [-0.3, -0.25) is 4.79 Å². The first kappa shape index (κ1) is 16.5. The van der Waals surface area contributed by atoms with Crippen molar-refractivity contribution in [2.75, 3.05) is 0 Å². The number of benzene rings is 1. The smallest absolute Gasteiger partial charge is 0.389 e. The highest BCUT2D eigenvalue weighted by Crippen LogP contribution is 2.29. The van der Waals surface area contributed by atoms with Gasteiger partial charge >= 0.3 is 12.1 Å². The van der Waals surface area contributed by atoms with Crippen LogP contribution in [0.5, 0.6) is 0 Å². The number of aryl methyl sites for hydroxylation is 1. The van der Waals surface area contributed by atoms with E-state index in [0.717, 1.165) is 5.56 Å². The molecule has 1 N–H and O–H groups in total. The van der Waals surface area contributed by atoms with Crippen molar-refractivity contribution in [3.05, 3.63) is 35.9 Å². The van der Waals surface area contributed by atoms with Crippen molar-refractivity contribution < 1.29 is 23.1 Å². The van der Waals surface area contributed by atoms with Crippen LogP contribution in [-0.2, 0) is 11.2 Å². The lowest BCUT2D eigenvalue weighted by Crippen LogP contribution is -2.21. The molecule has 1 rings (SSSR count). The number of carboxylic acids is 1. The van der Waals surface area contributed by atoms with Crippen LogP contribution in [0.25, 0.3) is 0 Å². The molecule has 5 heteroatoms. The average Bonchev–Trinajstić information content (AvgIpc) is 2.33. The number of halogens is 3. The van der Waals surface area contributed by atoms with Crippen LogP contribution in [0.15, 0.2) is 30.3 Å². The van der Waals surface area contributed by atoms with E-state index in [0.29, 0.717) is 12.8 Å². The predicted octanol–water partition coefficient (Wildman–Crippen LogP) is 4.30. The molecule has 0 spiro atoms. The van der Waals surface area contributed by atoms with Gasteiger partial charge in [-0.2, -0.15) is 13.2 Å². The number of aliphatic carboxylic acids is 1. The summed E-state index contributed by atoms with van der Waals surface area (Å²) in [7, 11) is 0. The highest BCUT2D eigenvalue weighted by Gasteiger charge is 2.32. The van der Waals surface area contributed by atoms with E-state index >= 15 is 0 Å². The van der Waals surface area contributed by atoms with Gasteiger partial charge < -0.3 is 5.11 Å². The maximum Gasteiger partial charge on any atom is 0.389 e. The van der Waals surface area contributed by atoms with Crippen LogP contribution in [0.3, 0.4) is 0 Å². The molecule has 0 bridgehead atoms. The molecular formula is C15H19F3O2. The zero-order valence-electron chi connectivity index (χ0n) is 11.4. The molecule has 2 atom stereocenters. The molecule has 0 saturated heterocycles. The third-order valence-electron chi connectivity index (χ3n) is 3.24. The number of carboxylic acid groups (broad SMARTS) is 1. The Hall–Kier alpha value is -1.52. The van der Waals surface area contributed by atoms with E-state index in [-0.39, 0.29) is 6.42 Å².